The molecular weight excluding hydrogens is 260 g/mol. The van der Waals surface area contributed by atoms with Crippen molar-refractivity contribution in [1.82, 2.24) is 4.72 Å². The van der Waals surface area contributed by atoms with E-state index in [4.69, 9.17) is 5.73 Å². The van der Waals surface area contributed by atoms with Crippen molar-refractivity contribution in [2.75, 3.05) is 6.54 Å². The number of nitrogens with one attached hydrogen (secondary N) is 1. The Kier molecular flexibility index (Phi) is 3.68. The van der Waals surface area contributed by atoms with E-state index in [9.17, 15) is 8.42 Å². The lowest BCUT2D eigenvalue weighted by Crippen LogP contribution is -2.29. The summed E-state index contributed by atoms with van der Waals surface area (Å²) >= 11 is 0. The first-order valence-electron chi connectivity index (χ1n) is 6.17. The van der Waals surface area contributed by atoms with Gasteiger partial charge in [-0.3, -0.25) is 0 Å². The van der Waals surface area contributed by atoms with Crippen molar-refractivity contribution in [2.45, 2.75) is 31.2 Å². The molecule has 102 valence electrons. The summed E-state index contributed by atoms with van der Waals surface area (Å²) in [6.45, 7) is 4.29. The van der Waals surface area contributed by atoms with Crippen LogP contribution in [0.25, 0.3) is 0 Å². The van der Waals surface area contributed by atoms with Gasteiger partial charge in [0.2, 0.25) is 10.0 Å². The minimum absolute atomic E-state index is 0.00743. The first-order valence-corrected chi connectivity index (χ1v) is 7.65. The number of sulfonamides is 1. The Bertz CT molecular complexity index is 639. The average molecular weight is 278 g/mol. The largest absolute Gasteiger partial charge is 0.320 e. The van der Waals surface area contributed by atoms with Gasteiger partial charge in [-0.25, -0.2) is 13.1 Å². The van der Waals surface area contributed by atoms with Gasteiger partial charge in [-0.1, -0.05) is 37.8 Å². The zero-order valence-electron chi connectivity index (χ0n) is 11.1. The summed E-state index contributed by atoms with van der Waals surface area (Å²) in [5.74, 6) is 5.49. The first-order chi connectivity index (χ1) is 8.87. The maximum Gasteiger partial charge on any atom is 0.242 e. The average Bonchev–Trinajstić information content (AvgIpc) is 2.93. The van der Waals surface area contributed by atoms with E-state index in [1.54, 1.807) is 24.3 Å². The highest BCUT2D eigenvalue weighted by Gasteiger charge is 2.48. The highest BCUT2D eigenvalue weighted by atomic mass is 32.2. The number of hydrogen-bond acceptors (Lipinski definition) is 3. The second kappa shape index (κ2) is 4.97. The SMILES string of the molecule is CC1(C)CC1NS(=O)(=O)c1ccccc1C#CCN. The fourth-order valence-electron chi connectivity index (χ4n) is 1.87. The van der Waals surface area contributed by atoms with E-state index in [1.807, 2.05) is 13.8 Å². The Labute approximate surface area is 114 Å². The molecular formula is C14H18N2O2S. The third-order valence-corrected chi connectivity index (χ3v) is 4.84. The molecule has 1 aromatic rings. The molecule has 4 nitrogen and oxygen atoms in total. The van der Waals surface area contributed by atoms with E-state index >= 15 is 0 Å². The van der Waals surface area contributed by atoms with Gasteiger partial charge in [0.15, 0.2) is 0 Å². The molecule has 0 spiro atoms. The predicted octanol–water partition coefficient (Wildman–Crippen LogP) is 1.07. The van der Waals surface area contributed by atoms with Crippen LogP contribution < -0.4 is 10.5 Å². The Morgan fingerprint density at radius 2 is 2.05 bits per heavy atom. The smallest absolute Gasteiger partial charge is 0.242 e. The lowest BCUT2D eigenvalue weighted by atomic mass is 10.2. The monoisotopic (exact) mass is 278 g/mol. The maximum atomic E-state index is 12.3. The second-order valence-electron chi connectivity index (χ2n) is 5.37. The van der Waals surface area contributed by atoms with E-state index in [0.29, 0.717) is 5.56 Å². The standard InChI is InChI=1S/C14H18N2O2S/c1-14(2)10-13(14)16-19(17,18)12-8-4-3-6-11(12)7-5-9-15/h3-4,6,8,13,16H,9-10,15H2,1-2H3. The summed E-state index contributed by atoms with van der Waals surface area (Å²) in [5, 5.41) is 0. The number of benzene rings is 1. The van der Waals surface area contributed by atoms with Crippen molar-refractivity contribution in [1.29, 1.82) is 0 Å². The minimum Gasteiger partial charge on any atom is -0.320 e. The molecule has 0 saturated heterocycles. The van der Waals surface area contributed by atoms with E-state index in [1.165, 1.54) is 0 Å². The van der Waals surface area contributed by atoms with Crippen LogP contribution in [0, 0.1) is 17.3 Å². The van der Waals surface area contributed by atoms with Crippen molar-refractivity contribution >= 4 is 10.0 Å². The van der Waals surface area contributed by atoms with Gasteiger partial charge in [0.05, 0.1) is 11.4 Å². The molecule has 0 bridgehead atoms. The molecule has 2 rings (SSSR count). The summed E-state index contributed by atoms with van der Waals surface area (Å²) in [6.07, 6.45) is 0.864. The van der Waals surface area contributed by atoms with Crippen molar-refractivity contribution in [3.05, 3.63) is 29.8 Å². The van der Waals surface area contributed by atoms with E-state index < -0.39 is 10.0 Å². The third kappa shape index (κ3) is 3.16. The van der Waals surface area contributed by atoms with E-state index in [0.717, 1.165) is 6.42 Å². The normalized spacial score (nSPS) is 20.5. The van der Waals surface area contributed by atoms with Gasteiger partial charge in [-0.15, -0.1) is 0 Å². The quantitative estimate of drug-likeness (QED) is 0.813. The van der Waals surface area contributed by atoms with Crippen LogP contribution in [-0.2, 0) is 10.0 Å². The Morgan fingerprint density at radius 1 is 1.42 bits per heavy atom. The van der Waals surface area contributed by atoms with Crippen molar-refractivity contribution in [3.63, 3.8) is 0 Å². The van der Waals surface area contributed by atoms with Crippen LogP contribution >= 0.6 is 0 Å². The zero-order chi connectivity index (χ0) is 14.1. The summed E-state index contributed by atoms with van der Waals surface area (Å²) in [7, 11) is -3.52. The number of hydrogen-bond donors (Lipinski definition) is 2. The highest BCUT2D eigenvalue weighted by molar-refractivity contribution is 7.89. The van der Waals surface area contributed by atoms with Gasteiger partial charge in [-0.2, -0.15) is 0 Å². The predicted molar refractivity (Wildman–Crippen MR) is 74.9 cm³/mol. The Morgan fingerprint density at radius 3 is 2.63 bits per heavy atom. The van der Waals surface area contributed by atoms with Gasteiger partial charge in [0, 0.05) is 11.6 Å². The topological polar surface area (TPSA) is 72.2 Å². The Balaban J connectivity index is 2.30. The zero-order valence-corrected chi connectivity index (χ0v) is 11.9. The van der Waals surface area contributed by atoms with Crippen LogP contribution in [0.2, 0.25) is 0 Å². The Hall–Kier alpha value is -1.35. The summed E-state index contributed by atoms with van der Waals surface area (Å²) in [5.41, 5.74) is 5.85. The van der Waals surface area contributed by atoms with Crippen molar-refractivity contribution in [3.8, 4) is 11.8 Å². The van der Waals surface area contributed by atoms with Gasteiger partial charge in [0.25, 0.3) is 0 Å². The molecule has 1 fully saturated rings. The van der Waals surface area contributed by atoms with Crippen LogP contribution in [0.1, 0.15) is 25.8 Å². The van der Waals surface area contributed by atoms with Crippen LogP contribution in [0.3, 0.4) is 0 Å². The summed E-state index contributed by atoms with van der Waals surface area (Å²) < 4.78 is 27.4. The van der Waals surface area contributed by atoms with Crippen LogP contribution in [-0.4, -0.2) is 21.0 Å². The highest BCUT2D eigenvalue weighted by Crippen LogP contribution is 2.45. The molecule has 1 atom stereocenters. The van der Waals surface area contributed by atoms with E-state index in [-0.39, 0.29) is 22.9 Å². The number of rotatable bonds is 3. The third-order valence-electron chi connectivity index (χ3n) is 3.31. The van der Waals surface area contributed by atoms with Gasteiger partial charge < -0.3 is 5.73 Å². The molecule has 0 heterocycles. The van der Waals surface area contributed by atoms with Gasteiger partial charge >= 0.3 is 0 Å². The van der Waals surface area contributed by atoms with Crippen LogP contribution in [0.15, 0.2) is 29.2 Å². The second-order valence-corrected chi connectivity index (χ2v) is 7.05. The van der Waals surface area contributed by atoms with Crippen molar-refractivity contribution < 1.29 is 8.42 Å². The van der Waals surface area contributed by atoms with Crippen LogP contribution in [0.5, 0.6) is 0 Å². The molecule has 5 heteroatoms. The maximum absolute atomic E-state index is 12.3. The molecule has 19 heavy (non-hydrogen) atoms. The van der Waals surface area contributed by atoms with Gasteiger partial charge in [-0.05, 0) is 24.0 Å². The fraction of sp³-hybridized carbons (Fsp3) is 0.429. The molecule has 1 aliphatic rings. The van der Waals surface area contributed by atoms with Gasteiger partial charge in [0.1, 0.15) is 0 Å². The lowest BCUT2D eigenvalue weighted by Gasteiger charge is -2.09. The summed E-state index contributed by atoms with van der Waals surface area (Å²) in [6, 6.07) is 6.72. The minimum atomic E-state index is -3.52. The van der Waals surface area contributed by atoms with Crippen molar-refractivity contribution in [2.24, 2.45) is 11.1 Å². The fourth-order valence-corrected chi connectivity index (χ4v) is 3.44. The molecule has 1 unspecified atom stereocenters. The number of nitrogens with two attached hydrogens (primary N) is 1. The van der Waals surface area contributed by atoms with E-state index in [2.05, 4.69) is 16.6 Å². The lowest BCUT2D eigenvalue weighted by molar-refractivity contribution is 0.555. The molecule has 3 N–H and O–H groups in total. The molecule has 1 aromatic carbocycles. The van der Waals surface area contributed by atoms with Crippen LogP contribution in [0.4, 0.5) is 0 Å². The molecule has 0 aliphatic heterocycles. The molecule has 1 aliphatic carbocycles. The summed E-state index contributed by atoms with van der Waals surface area (Å²) in [4.78, 5) is 0.221. The molecule has 0 aromatic heterocycles. The molecule has 0 radical (unpaired) electrons. The molecule has 0 amide bonds. The molecule has 1 saturated carbocycles. The first kappa shape index (κ1) is 14.1.